The summed E-state index contributed by atoms with van der Waals surface area (Å²) in [6, 6.07) is 7.34. The third kappa shape index (κ3) is 3.34. The van der Waals surface area contributed by atoms with E-state index >= 15 is 0 Å². The minimum absolute atomic E-state index is 0.276. The molecule has 0 aliphatic rings. The van der Waals surface area contributed by atoms with Crippen LogP contribution in [-0.2, 0) is 17.1 Å². The number of thiazole rings is 1. The van der Waals surface area contributed by atoms with Crippen molar-refractivity contribution in [3.05, 3.63) is 52.2 Å². The van der Waals surface area contributed by atoms with Gasteiger partial charge in [0, 0.05) is 23.8 Å². The first-order chi connectivity index (χ1) is 11.7. The minimum Gasteiger partial charge on any atom is -0.345 e. The van der Waals surface area contributed by atoms with Crippen LogP contribution in [0.15, 0.2) is 34.5 Å². The fourth-order valence-corrected chi connectivity index (χ4v) is 5.02. The normalized spacial score (nSPS) is 11.7. The summed E-state index contributed by atoms with van der Waals surface area (Å²) < 4.78 is 30.4. The summed E-state index contributed by atoms with van der Waals surface area (Å²) in [5.74, 6) is 0. The van der Waals surface area contributed by atoms with E-state index in [0.29, 0.717) is 11.4 Å². The topological polar surface area (TPSA) is 64.0 Å². The van der Waals surface area contributed by atoms with Crippen molar-refractivity contribution in [2.24, 2.45) is 7.05 Å². The molecule has 2 heterocycles. The van der Waals surface area contributed by atoms with Crippen LogP contribution in [0.1, 0.15) is 22.5 Å². The summed E-state index contributed by atoms with van der Waals surface area (Å²) in [6.07, 6.45) is 0. The van der Waals surface area contributed by atoms with Crippen LogP contribution in [0.25, 0.3) is 10.7 Å². The molecule has 0 aliphatic carbocycles. The zero-order valence-electron chi connectivity index (χ0n) is 14.9. The second-order valence-corrected chi connectivity index (χ2v) is 8.77. The van der Waals surface area contributed by atoms with Gasteiger partial charge in [0.05, 0.1) is 11.4 Å². The van der Waals surface area contributed by atoms with E-state index in [-0.39, 0.29) is 4.90 Å². The molecule has 1 N–H and O–H groups in total. The van der Waals surface area contributed by atoms with Crippen LogP contribution in [0.5, 0.6) is 0 Å². The molecule has 0 spiro atoms. The Hall–Kier alpha value is -2.12. The van der Waals surface area contributed by atoms with Gasteiger partial charge in [-0.05, 0) is 45.4 Å². The molecule has 0 radical (unpaired) electrons. The van der Waals surface area contributed by atoms with Crippen molar-refractivity contribution in [3.63, 3.8) is 0 Å². The van der Waals surface area contributed by atoms with E-state index in [1.807, 2.05) is 49.9 Å². The van der Waals surface area contributed by atoms with Gasteiger partial charge in [-0.25, -0.2) is 13.4 Å². The maximum atomic E-state index is 12.9. The number of nitrogens with one attached hydrogen (secondary N) is 1. The predicted octanol–water partition coefficient (Wildman–Crippen LogP) is 4.18. The molecular weight excluding hydrogens is 354 g/mol. The predicted molar refractivity (Wildman–Crippen MR) is 103 cm³/mol. The van der Waals surface area contributed by atoms with E-state index in [0.717, 1.165) is 27.5 Å². The SMILES string of the molecule is Cc1ccc(NS(=O)(=O)c2cc(-c3nc(C)cs3)n(C)c2C)c(C)c1. The van der Waals surface area contributed by atoms with E-state index in [1.165, 1.54) is 11.3 Å². The Kier molecular flexibility index (Phi) is 4.47. The van der Waals surface area contributed by atoms with Crippen LogP contribution in [0.2, 0.25) is 0 Å². The largest absolute Gasteiger partial charge is 0.345 e. The van der Waals surface area contributed by atoms with Gasteiger partial charge in [-0.1, -0.05) is 17.7 Å². The van der Waals surface area contributed by atoms with Crippen molar-refractivity contribution in [3.8, 4) is 10.7 Å². The Morgan fingerprint density at radius 3 is 2.44 bits per heavy atom. The maximum Gasteiger partial charge on any atom is 0.263 e. The van der Waals surface area contributed by atoms with E-state index in [2.05, 4.69) is 9.71 Å². The lowest BCUT2D eigenvalue weighted by Crippen LogP contribution is -2.14. The quantitative estimate of drug-likeness (QED) is 0.744. The number of nitrogens with zero attached hydrogens (tertiary/aromatic N) is 2. The first-order valence-electron chi connectivity index (χ1n) is 7.88. The third-order valence-corrected chi connectivity index (χ3v) is 6.71. The minimum atomic E-state index is -3.68. The number of hydrogen-bond acceptors (Lipinski definition) is 4. The molecule has 3 rings (SSSR count). The highest BCUT2D eigenvalue weighted by Crippen LogP contribution is 2.31. The monoisotopic (exact) mass is 375 g/mol. The highest BCUT2D eigenvalue weighted by atomic mass is 32.2. The van der Waals surface area contributed by atoms with Gasteiger partial charge in [0.1, 0.15) is 9.90 Å². The number of aromatic nitrogens is 2. The molecule has 132 valence electrons. The van der Waals surface area contributed by atoms with Crippen molar-refractivity contribution >= 4 is 27.0 Å². The molecule has 3 aromatic rings. The van der Waals surface area contributed by atoms with Crippen molar-refractivity contribution < 1.29 is 8.42 Å². The van der Waals surface area contributed by atoms with E-state index in [1.54, 1.807) is 19.1 Å². The lowest BCUT2D eigenvalue weighted by molar-refractivity contribution is 0.600. The van der Waals surface area contributed by atoms with E-state index < -0.39 is 10.0 Å². The summed E-state index contributed by atoms with van der Waals surface area (Å²) in [5.41, 5.74) is 5.00. The summed E-state index contributed by atoms with van der Waals surface area (Å²) in [7, 11) is -1.82. The lowest BCUT2D eigenvalue weighted by atomic mass is 10.1. The molecule has 0 bridgehead atoms. The van der Waals surface area contributed by atoms with Gasteiger partial charge in [-0.15, -0.1) is 11.3 Å². The van der Waals surface area contributed by atoms with E-state index in [4.69, 9.17) is 0 Å². The highest BCUT2D eigenvalue weighted by Gasteiger charge is 2.23. The van der Waals surface area contributed by atoms with Gasteiger partial charge < -0.3 is 4.57 Å². The first-order valence-corrected chi connectivity index (χ1v) is 10.2. The van der Waals surface area contributed by atoms with Crippen molar-refractivity contribution in [1.29, 1.82) is 0 Å². The Balaban J connectivity index is 2.03. The molecule has 0 aliphatic heterocycles. The molecule has 0 fully saturated rings. The fraction of sp³-hybridized carbons (Fsp3) is 0.278. The van der Waals surface area contributed by atoms with Crippen LogP contribution in [0.4, 0.5) is 5.69 Å². The molecule has 0 saturated heterocycles. The summed E-state index contributed by atoms with van der Waals surface area (Å²) >= 11 is 1.51. The molecular formula is C18H21N3O2S2. The standard InChI is InChI=1S/C18H21N3O2S2/c1-11-6-7-15(12(2)8-11)20-25(22,23)17-9-16(21(5)14(17)4)18-19-13(3)10-24-18/h6-10,20H,1-5H3. The Bertz CT molecular complexity index is 1050. The van der Waals surface area contributed by atoms with Crippen molar-refractivity contribution in [2.45, 2.75) is 32.6 Å². The second kappa shape index (κ2) is 6.31. The lowest BCUT2D eigenvalue weighted by Gasteiger charge is -2.11. The molecule has 0 saturated carbocycles. The zero-order valence-corrected chi connectivity index (χ0v) is 16.5. The Morgan fingerprint density at radius 2 is 1.84 bits per heavy atom. The molecule has 25 heavy (non-hydrogen) atoms. The van der Waals surface area contributed by atoms with Crippen LogP contribution >= 0.6 is 11.3 Å². The number of anilines is 1. The second-order valence-electron chi connectivity index (χ2n) is 6.26. The number of aryl methyl sites for hydroxylation is 3. The smallest absolute Gasteiger partial charge is 0.263 e. The zero-order chi connectivity index (χ0) is 18.4. The first kappa shape index (κ1) is 17.7. The van der Waals surface area contributed by atoms with Crippen molar-refractivity contribution in [2.75, 3.05) is 4.72 Å². The molecule has 7 heteroatoms. The summed E-state index contributed by atoms with van der Waals surface area (Å²) in [6.45, 7) is 7.61. The number of benzene rings is 1. The average Bonchev–Trinajstić information content (AvgIpc) is 3.07. The molecule has 0 atom stereocenters. The Morgan fingerprint density at radius 1 is 1.12 bits per heavy atom. The third-order valence-electron chi connectivity index (χ3n) is 4.24. The van der Waals surface area contributed by atoms with Gasteiger partial charge in [-0.2, -0.15) is 0 Å². The number of sulfonamides is 1. The van der Waals surface area contributed by atoms with Gasteiger partial charge >= 0.3 is 0 Å². The van der Waals surface area contributed by atoms with Crippen LogP contribution in [0, 0.1) is 27.7 Å². The van der Waals surface area contributed by atoms with Crippen LogP contribution in [-0.4, -0.2) is 18.0 Å². The fourth-order valence-electron chi connectivity index (χ4n) is 2.75. The number of rotatable bonds is 4. The molecule has 5 nitrogen and oxygen atoms in total. The molecule has 1 aromatic carbocycles. The number of hydrogen-bond donors (Lipinski definition) is 1. The van der Waals surface area contributed by atoms with Gasteiger partial charge in [-0.3, -0.25) is 4.72 Å². The molecule has 0 unspecified atom stereocenters. The van der Waals surface area contributed by atoms with E-state index in [9.17, 15) is 8.42 Å². The average molecular weight is 376 g/mol. The Labute approximate surface area is 152 Å². The van der Waals surface area contributed by atoms with Gasteiger partial charge in [0.25, 0.3) is 10.0 Å². The molecule has 2 aromatic heterocycles. The summed E-state index contributed by atoms with van der Waals surface area (Å²) in [4.78, 5) is 4.74. The van der Waals surface area contributed by atoms with Crippen molar-refractivity contribution in [1.82, 2.24) is 9.55 Å². The summed E-state index contributed by atoms with van der Waals surface area (Å²) in [5, 5.41) is 2.77. The van der Waals surface area contributed by atoms with Gasteiger partial charge in [0.15, 0.2) is 0 Å². The molecule has 0 amide bonds. The van der Waals surface area contributed by atoms with Crippen LogP contribution in [0.3, 0.4) is 0 Å². The van der Waals surface area contributed by atoms with Crippen LogP contribution < -0.4 is 4.72 Å². The highest BCUT2D eigenvalue weighted by molar-refractivity contribution is 7.92. The maximum absolute atomic E-state index is 12.9. The van der Waals surface area contributed by atoms with Gasteiger partial charge in [0.2, 0.25) is 0 Å².